The minimum atomic E-state index is -0.310. The molecular formula is C17H15FN2O3S. The van der Waals surface area contributed by atoms with Crippen molar-refractivity contribution in [3.8, 4) is 11.3 Å². The van der Waals surface area contributed by atoms with Gasteiger partial charge in [0.1, 0.15) is 11.6 Å². The number of furan rings is 1. The summed E-state index contributed by atoms with van der Waals surface area (Å²) in [5, 5.41) is 3.22. The Kier molecular flexibility index (Phi) is 5.00. The molecule has 7 heteroatoms. The SMILES string of the molecule is C[C@@H](NC(=O)CSc1ncc(-c2ccc(F)cc2)o1)c1ccco1. The molecule has 0 aliphatic rings. The molecule has 0 fully saturated rings. The van der Waals surface area contributed by atoms with Gasteiger partial charge in [-0.15, -0.1) is 0 Å². The predicted octanol–water partition coefficient (Wildman–Crippen LogP) is 4.04. The lowest BCUT2D eigenvalue weighted by Gasteiger charge is -2.10. The maximum atomic E-state index is 12.9. The van der Waals surface area contributed by atoms with E-state index in [1.165, 1.54) is 23.9 Å². The van der Waals surface area contributed by atoms with Crippen molar-refractivity contribution in [2.75, 3.05) is 5.75 Å². The van der Waals surface area contributed by atoms with Crippen molar-refractivity contribution < 1.29 is 18.0 Å². The smallest absolute Gasteiger partial charge is 0.256 e. The third-order valence-corrected chi connectivity index (χ3v) is 4.13. The fourth-order valence-electron chi connectivity index (χ4n) is 2.09. The highest BCUT2D eigenvalue weighted by molar-refractivity contribution is 7.99. The minimum Gasteiger partial charge on any atom is -0.467 e. The van der Waals surface area contributed by atoms with Crippen molar-refractivity contribution in [2.24, 2.45) is 0 Å². The van der Waals surface area contributed by atoms with E-state index in [1.807, 2.05) is 6.92 Å². The van der Waals surface area contributed by atoms with E-state index in [0.29, 0.717) is 16.7 Å². The summed E-state index contributed by atoms with van der Waals surface area (Å²) in [6.07, 6.45) is 3.12. The molecule has 2 aromatic heterocycles. The molecule has 0 spiro atoms. The Hall–Kier alpha value is -2.54. The monoisotopic (exact) mass is 346 g/mol. The van der Waals surface area contributed by atoms with Crippen LogP contribution in [0.3, 0.4) is 0 Å². The van der Waals surface area contributed by atoms with Gasteiger partial charge in [0.2, 0.25) is 5.91 Å². The van der Waals surface area contributed by atoms with E-state index in [-0.39, 0.29) is 23.5 Å². The van der Waals surface area contributed by atoms with Crippen LogP contribution in [0.15, 0.2) is 62.9 Å². The van der Waals surface area contributed by atoms with Gasteiger partial charge in [-0.2, -0.15) is 0 Å². The quantitative estimate of drug-likeness (QED) is 0.682. The summed E-state index contributed by atoms with van der Waals surface area (Å²) in [5.74, 6) is 0.944. The van der Waals surface area contributed by atoms with Gasteiger partial charge >= 0.3 is 0 Å². The molecule has 1 amide bonds. The molecule has 24 heavy (non-hydrogen) atoms. The van der Waals surface area contributed by atoms with Crippen LogP contribution in [0.25, 0.3) is 11.3 Å². The summed E-state index contributed by atoms with van der Waals surface area (Å²) in [6, 6.07) is 9.32. The zero-order valence-corrected chi connectivity index (χ0v) is 13.7. The number of amides is 1. The Bertz CT molecular complexity index is 800. The van der Waals surface area contributed by atoms with Crippen molar-refractivity contribution in [1.29, 1.82) is 0 Å². The number of hydrogen-bond donors (Lipinski definition) is 1. The standard InChI is InChI=1S/C17H15FN2O3S/c1-11(14-3-2-8-22-14)20-16(21)10-24-17-19-9-15(23-17)12-4-6-13(18)7-5-12/h2-9,11H,10H2,1H3,(H,20,21)/t11-/m1/s1. The second-order valence-electron chi connectivity index (χ2n) is 5.09. The van der Waals surface area contributed by atoms with E-state index in [9.17, 15) is 9.18 Å². The molecule has 3 aromatic rings. The van der Waals surface area contributed by atoms with Crippen LogP contribution in [0.2, 0.25) is 0 Å². The van der Waals surface area contributed by atoms with Crippen LogP contribution in [0.1, 0.15) is 18.7 Å². The molecule has 0 bridgehead atoms. The van der Waals surface area contributed by atoms with Crippen molar-refractivity contribution in [1.82, 2.24) is 10.3 Å². The van der Waals surface area contributed by atoms with Crippen molar-refractivity contribution in [2.45, 2.75) is 18.2 Å². The van der Waals surface area contributed by atoms with Crippen molar-refractivity contribution in [3.63, 3.8) is 0 Å². The van der Waals surface area contributed by atoms with Crippen molar-refractivity contribution in [3.05, 3.63) is 60.4 Å². The number of halogens is 1. The molecule has 0 saturated heterocycles. The fourth-order valence-corrected chi connectivity index (χ4v) is 2.71. The normalized spacial score (nSPS) is 12.1. The minimum absolute atomic E-state index is 0.148. The third-order valence-electron chi connectivity index (χ3n) is 3.29. The van der Waals surface area contributed by atoms with Gasteiger partial charge < -0.3 is 14.2 Å². The van der Waals surface area contributed by atoms with E-state index < -0.39 is 0 Å². The van der Waals surface area contributed by atoms with E-state index >= 15 is 0 Å². The predicted molar refractivity (Wildman–Crippen MR) is 87.9 cm³/mol. The summed E-state index contributed by atoms with van der Waals surface area (Å²) in [5.41, 5.74) is 0.728. The van der Waals surface area contributed by atoms with Crippen LogP contribution in [-0.4, -0.2) is 16.6 Å². The van der Waals surface area contributed by atoms with E-state index in [0.717, 1.165) is 5.56 Å². The second kappa shape index (κ2) is 7.35. The van der Waals surface area contributed by atoms with E-state index in [2.05, 4.69) is 10.3 Å². The summed E-state index contributed by atoms with van der Waals surface area (Å²) in [7, 11) is 0. The molecule has 0 aliphatic heterocycles. The van der Waals surface area contributed by atoms with Crippen molar-refractivity contribution >= 4 is 17.7 Å². The van der Waals surface area contributed by atoms with Gasteiger partial charge in [0, 0.05) is 5.56 Å². The van der Waals surface area contributed by atoms with Gasteiger partial charge in [0.15, 0.2) is 5.76 Å². The van der Waals surface area contributed by atoms with E-state index in [1.54, 1.807) is 36.7 Å². The van der Waals surface area contributed by atoms with Crippen LogP contribution in [0.4, 0.5) is 4.39 Å². The maximum Gasteiger partial charge on any atom is 0.256 e. The van der Waals surface area contributed by atoms with Gasteiger partial charge in [0.05, 0.1) is 24.3 Å². The molecule has 0 unspecified atom stereocenters. The zero-order chi connectivity index (χ0) is 16.9. The number of oxazole rings is 1. The average Bonchev–Trinajstić information content (AvgIpc) is 3.25. The summed E-state index contributed by atoms with van der Waals surface area (Å²) < 4.78 is 23.7. The molecular weight excluding hydrogens is 331 g/mol. The lowest BCUT2D eigenvalue weighted by atomic mass is 10.2. The summed E-state index contributed by atoms with van der Waals surface area (Å²) in [6.45, 7) is 1.85. The number of thioether (sulfide) groups is 1. The Labute approximate surface area is 142 Å². The van der Waals surface area contributed by atoms with Crippen LogP contribution in [-0.2, 0) is 4.79 Å². The number of rotatable bonds is 6. The molecule has 0 saturated carbocycles. The fraction of sp³-hybridized carbons (Fsp3) is 0.176. The van der Waals surface area contributed by atoms with Gasteiger partial charge in [-0.1, -0.05) is 11.8 Å². The molecule has 0 aliphatic carbocycles. The highest BCUT2D eigenvalue weighted by Crippen LogP contribution is 2.25. The average molecular weight is 346 g/mol. The topological polar surface area (TPSA) is 68.3 Å². The highest BCUT2D eigenvalue weighted by Gasteiger charge is 2.14. The maximum absolute atomic E-state index is 12.9. The molecule has 3 rings (SSSR count). The van der Waals surface area contributed by atoms with Gasteiger partial charge in [-0.25, -0.2) is 9.37 Å². The molecule has 5 nitrogen and oxygen atoms in total. The highest BCUT2D eigenvalue weighted by atomic mass is 32.2. The van der Waals surface area contributed by atoms with Gasteiger partial charge in [-0.3, -0.25) is 4.79 Å². The van der Waals surface area contributed by atoms with Crippen LogP contribution in [0.5, 0.6) is 0 Å². The summed E-state index contributed by atoms with van der Waals surface area (Å²) >= 11 is 1.19. The Morgan fingerprint density at radius 3 is 2.83 bits per heavy atom. The number of aromatic nitrogens is 1. The molecule has 1 atom stereocenters. The third kappa shape index (κ3) is 4.05. The largest absolute Gasteiger partial charge is 0.467 e. The zero-order valence-electron chi connectivity index (χ0n) is 12.9. The number of carbonyl (C=O) groups excluding carboxylic acids is 1. The number of benzene rings is 1. The Morgan fingerprint density at radius 1 is 1.33 bits per heavy atom. The first-order chi connectivity index (χ1) is 11.6. The Balaban J connectivity index is 1.53. The molecule has 124 valence electrons. The first-order valence-electron chi connectivity index (χ1n) is 7.29. The molecule has 1 aromatic carbocycles. The first kappa shape index (κ1) is 16.3. The summed E-state index contributed by atoms with van der Waals surface area (Å²) in [4.78, 5) is 16.1. The number of nitrogens with one attached hydrogen (secondary N) is 1. The lowest BCUT2D eigenvalue weighted by Crippen LogP contribution is -2.27. The second-order valence-corrected chi connectivity index (χ2v) is 6.02. The van der Waals surface area contributed by atoms with Crippen LogP contribution >= 0.6 is 11.8 Å². The number of carbonyl (C=O) groups is 1. The molecule has 0 radical (unpaired) electrons. The molecule has 2 heterocycles. The van der Waals surface area contributed by atoms with Gasteiger partial charge in [0.25, 0.3) is 5.22 Å². The Morgan fingerprint density at radius 2 is 2.12 bits per heavy atom. The molecule has 1 N–H and O–H groups in total. The van der Waals surface area contributed by atoms with Gasteiger partial charge in [-0.05, 0) is 43.3 Å². The van der Waals surface area contributed by atoms with Crippen LogP contribution < -0.4 is 5.32 Å². The number of hydrogen-bond acceptors (Lipinski definition) is 5. The van der Waals surface area contributed by atoms with Crippen LogP contribution in [0, 0.1) is 5.82 Å². The van der Waals surface area contributed by atoms with E-state index in [4.69, 9.17) is 8.83 Å². The number of nitrogens with zero attached hydrogens (tertiary/aromatic N) is 1. The first-order valence-corrected chi connectivity index (χ1v) is 8.28. The lowest BCUT2D eigenvalue weighted by molar-refractivity contribution is -0.119.